The van der Waals surface area contributed by atoms with E-state index < -0.39 is 0 Å². The first-order valence-corrected chi connectivity index (χ1v) is 9.40. The molecule has 0 aliphatic carbocycles. The van der Waals surface area contributed by atoms with Gasteiger partial charge in [0.05, 0.1) is 22.6 Å². The maximum Gasteiger partial charge on any atom is 0.0945 e. The van der Waals surface area contributed by atoms with Crippen molar-refractivity contribution in [2.24, 2.45) is 7.05 Å². The number of imidazole rings is 1. The van der Waals surface area contributed by atoms with Crippen LogP contribution in [0.15, 0.2) is 36.9 Å². The Labute approximate surface area is 153 Å². The molecule has 1 saturated heterocycles. The number of rotatable bonds is 5. The van der Waals surface area contributed by atoms with E-state index >= 15 is 0 Å². The van der Waals surface area contributed by atoms with Crippen molar-refractivity contribution < 1.29 is 0 Å². The van der Waals surface area contributed by atoms with Crippen molar-refractivity contribution in [2.75, 3.05) is 6.54 Å². The van der Waals surface area contributed by atoms with Crippen molar-refractivity contribution in [1.82, 2.24) is 24.2 Å². The topological polar surface area (TPSA) is 38.9 Å². The molecular weight excluding hydrogens is 334 g/mol. The average molecular weight is 358 g/mol. The summed E-state index contributed by atoms with van der Waals surface area (Å²) in [6.07, 6.45) is 10.8. The molecule has 6 heteroatoms. The molecule has 1 fully saturated rings. The highest BCUT2D eigenvalue weighted by atomic mass is 35.5. The quantitative estimate of drug-likeness (QED) is 0.695. The summed E-state index contributed by atoms with van der Waals surface area (Å²) < 4.78 is 4.11. The van der Waals surface area contributed by atoms with Gasteiger partial charge in [-0.2, -0.15) is 5.10 Å². The zero-order chi connectivity index (χ0) is 17.2. The van der Waals surface area contributed by atoms with Gasteiger partial charge >= 0.3 is 0 Å². The van der Waals surface area contributed by atoms with Crippen LogP contribution >= 0.6 is 11.6 Å². The molecule has 3 heterocycles. The lowest BCUT2D eigenvalue weighted by Gasteiger charge is -2.35. The lowest BCUT2D eigenvalue weighted by Crippen LogP contribution is -2.39. The summed E-state index contributed by atoms with van der Waals surface area (Å²) in [6.45, 7) is 3.03. The van der Waals surface area contributed by atoms with Crippen LogP contribution in [0.2, 0.25) is 5.02 Å². The number of aromatic nitrogens is 4. The third-order valence-corrected chi connectivity index (χ3v) is 5.60. The Bertz CT molecular complexity index is 839. The predicted octanol–water partition coefficient (Wildman–Crippen LogP) is 3.87. The molecule has 0 N–H and O–H groups in total. The van der Waals surface area contributed by atoms with Gasteiger partial charge in [-0.25, -0.2) is 4.98 Å². The summed E-state index contributed by atoms with van der Waals surface area (Å²) >= 11 is 6.48. The normalized spacial score (nSPS) is 18.9. The van der Waals surface area contributed by atoms with Crippen molar-refractivity contribution >= 4 is 22.5 Å². The molecule has 1 atom stereocenters. The molecule has 132 valence electrons. The highest BCUT2D eigenvalue weighted by Gasteiger charge is 2.24. The van der Waals surface area contributed by atoms with E-state index in [-0.39, 0.29) is 0 Å². The van der Waals surface area contributed by atoms with E-state index in [1.54, 1.807) is 0 Å². The smallest absolute Gasteiger partial charge is 0.0945 e. The highest BCUT2D eigenvalue weighted by molar-refractivity contribution is 6.35. The molecule has 3 aromatic rings. The van der Waals surface area contributed by atoms with Gasteiger partial charge in [0.25, 0.3) is 0 Å². The van der Waals surface area contributed by atoms with Crippen LogP contribution in [-0.2, 0) is 20.1 Å². The minimum absolute atomic E-state index is 0.593. The maximum atomic E-state index is 6.48. The number of likely N-dealkylation sites (tertiary alicyclic amines) is 1. The SMILES string of the molecule is Cn1nc(CN2CCCC[C@H]2CCn2ccnc2)c2c(Cl)cccc21. The van der Waals surface area contributed by atoms with Gasteiger partial charge in [0.15, 0.2) is 0 Å². The maximum absolute atomic E-state index is 6.48. The van der Waals surface area contributed by atoms with Crippen LogP contribution in [-0.4, -0.2) is 36.8 Å². The molecule has 1 aliphatic heterocycles. The molecule has 1 aromatic carbocycles. The standard InChI is InChI=1S/C19H24ClN5/c1-23-18-7-4-6-16(20)19(18)17(22-23)13-25-10-3-2-5-15(25)8-11-24-12-9-21-14-24/h4,6-7,9,12,14-15H,2-3,5,8,10-11,13H2,1H3/t15-/m0/s1. The van der Waals surface area contributed by atoms with E-state index in [0.717, 1.165) is 47.7 Å². The predicted molar refractivity (Wildman–Crippen MR) is 101 cm³/mol. The molecule has 0 radical (unpaired) electrons. The Kier molecular flexibility index (Phi) is 4.77. The number of piperidine rings is 1. The van der Waals surface area contributed by atoms with Crippen LogP contribution < -0.4 is 0 Å². The van der Waals surface area contributed by atoms with Gasteiger partial charge < -0.3 is 4.57 Å². The van der Waals surface area contributed by atoms with Crippen LogP contribution in [0.1, 0.15) is 31.4 Å². The van der Waals surface area contributed by atoms with Gasteiger partial charge in [-0.05, 0) is 37.9 Å². The van der Waals surface area contributed by atoms with E-state index in [2.05, 4.69) is 20.5 Å². The number of benzene rings is 1. The van der Waals surface area contributed by atoms with Crippen LogP contribution in [0.3, 0.4) is 0 Å². The fourth-order valence-electron chi connectivity index (χ4n) is 3.97. The number of nitrogens with zero attached hydrogens (tertiary/aromatic N) is 5. The van der Waals surface area contributed by atoms with Crippen LogP contribution in [0.5, 0.6) is 0 Å². The molecule has 4 rings (SSSR count). The fourth-order valence-corrected chi connectivity index (χ4v) is 4.25. The Morgan fingerprint density at radius 3 is 3.04 bits per heavy atom. The lowest BCUT2D eigenvalue weighted by molar-refractivity contribution is 0.127. The van der Waals surface area contributed by atoms with Crippen LogP contribution in [0, 0.1) is 0 Å². The van der Waals surface area contributed by atoms with Crippen molar-refractivity contribution in [2.45, 2.75) is 44.8 Å². The molecule has 5 nitrogen and oxygen atoms in total. The molecule has 0 saturated carbocycles. The molecule has 2 aromatic heterocycles. The molecule has 0 bridgehead atoms. The number of fused-ring (bicyclic) bond motifs is 1. The average Bonchev–Trinajstić information content (AvgIpc) is 3.24. The van der Waals surface area contributed by atoms with Gasteiger partial charge in [-0.15, -0.1) is 0 Å². The highest BCUT2D eigenvalue weighted by Crippen LogP contribution is 2.29. The first-order valence-electron chi connectivity index (χ1n) is 9.02. The van der Waals surface area contributed by atoms with E-state index in [9.17, 15) is 0 Å². The summed E-state index contributed by atoms with van der Waals surface area (Å²) in [4.78, 5) is 6.73. The summed E-state index contributed by atoms with van der Waals surface area (Å²) in [6, 6.07) is 6.63. The minimum atomic E-state index is 0.593. The first-order chi connectivity index (χ1) is 12.2. The van der Waals surface area contributed by atoms with E-state index in [4.69, 9.17) is 16.7 Å². The molecule has 0 spiro atoms. The largest absolute Gasteiger partial charge is 0.337 e. The van der Waals surface area contributed by atoms with Crippen LogP contribution in [0.25, 0.3) is 10.9 Å². The fraction of sp³-hybridized carbons (Fsp3) is 0.474. The molecular formula is C19H24ClN5. The van der Waals surface area contributed by atoms with E-state index in [0.29, 0.717) is 6.04 Å². The zero-order valence-corrected chi connectivity index (χ0v) is 15.4. The number of aryl methyl sites for hydroxylation is 2. The monoisotopic (exact) mass is 357 g/mol. The summed E-state index contributed by atoms with van der Waals surface area (Å²) in [5.74, 6) is 0. The second-order valence-corrected chi connectivity index (χ2v) is 7.32. The van der Waals surface area contributed by atoms with Crippen molar-refractivity contribution in [3.63, 3.8) is 0 Å². The molecule has 0 amide bonds. The summed E-state index contributed by atoms with van der Waals surface area (Å²) in [5, 5.41) is 6.67. The van der Waals surface area contributed by atoms with Gasteiger partial charge in [0, 0.05) is 44.0 Å². The van der Waals surface area contributed by atoms with Crippen molar-refractivity contribution in [3.05, 3.63) is 47.6 Å². The van der Waals surface area contributed by atoms with Gasteiger partial charge in [0.2, 0.25) is 0 Å². The number of hydrogen-bond acceptors (Lipinski definition) is 3. The third-order valence-electron chi connectivity index (χ3n) is 5.28. The molecule has 1 aliphatic rings. The zero-order valence-electron chi connectivity index (χ0n) is 14.6. The van der Waals surface area contributed by atoms with Gasteiger partial charge in [0.1, 0.15) is 0 Å². The number of halogens is 1. The van der Waals surface area contributed by atoms with E-state index in [1.165, 1.54) is 19.3 Å². The van der Waals surface area contributed by atoms with E-state index in [1.807, 2.05) is 42.6 Å². The first kappa shape index (κ1) is 16.6. The van der Waals surface area contributed by atoms with Crippen molar-refractivity contribution in [3.8, 4) is 0 Å². The van der Waals surface area contributed by atoms with Crippen molar-refractivity contribution in [1.29, 1.82) is 0 Å². The Morgan fingerprint density at radius 1 is 1.28 bits per heavy atom. The molecule has 25 heavy (non-hydrogen) atoms. The summed E-state index contributed by atoms with van der Waals surface area (Å²) in [5.41, 5.74) is 2.20. The van der Waals surface area contributed by atoms with Gasteiger partial charge in [-0.3, -0.25) is 9.58 Å². The van der Waals surface area contributed by atoms with Crippen LogP contribution in [0.4, 0.5) is 0 Å². The molecule has 0 unspecified atom stereocenters. The Hall–Kier alpha value is -1.85. The second-order valence-electron chi connectivity index (χ2n) is 6.91. The Morgan fingerprint density at radius 2 is 2.20 bits per heavy atom. The lowest BCUT2D eigenvalue weighted by atomic mass is 9.98. The third kappa shape index (κ3) is 3.44. The number of hydrogen-bond donors (Lipinski definition) is 0. The summed E-state index contributed by atoms with van der Waals surface area (Å²) in [7, 11) is 1.99. The Balaban J connectivity index is 1.53. The van der Waals surface area contributed by atoms with Gasteiger partial charge in [-0.1, -0.05) is 24.1 Å². The minimum Gasteiger partial charge on any atom is -0.337 e. The second kappa shape index (κ2) is 7.18.